The van der Waals surface area contributed by atoms with Gasteiger partial charge in [0.1, 0.15) is 14.1 Å². The van der Waals surface area contributed by atoms with Crippen molar-refractivity contribution >= 4 is 16.8 Å². The fourth-order valence-corrected chi connectivity index (χ4v) is 2.11. The molecule has 0 aliphatic carbocycles. The minimum atomic E-state index is 0.0567. The highest BCUT2D eigenvalue weighted by molar-refractivity contribution is 8.18. The van der Waals surface area contributed by atoms with Crippen LogP contribution in [0, 0.1) is 16.6 Å². The molecule has 0 spiro atoms. The van der Waals surface area contributed by atoms with Crippen molar-refractivity contribution in [2.75, 3.05) is 14.1 Å². The van der Waals surface area contributed by atoms with Crippen molar-refractivity contribution < 1.29 is 4.58 Å². The molecule has 0 unspecified atom stereocenters. The number of benzene rings is 1. The maximum absolute atomic E-state index is 3.24. The van der Waals surface area contributed by atoms with E-state index in [9.17, 15) is 0 Å². The van der Waals surface area contributed by atoms with Crippen LogP contribution >= 0.6 is 11.8 Å². The van der Waals surface area contributed by atoms with Gasteiger partial charge in [-0.25, -0.2) is 4.58 Å². The molecule has 17 heavy (non-hydrogen) atoms. The van der Waals surface area contributed by atoms with Crippen molar-refractivity contribution in [3.05, 3.63) is 35.9 Å². The summed E-state index contributed by atoms with van der Waals surface area (Å²) in [6.45, 7) is 6.37. The van der Waals surface area contributed by atoms with E-state index in [4.69, 9.17) is 0 Å². The van der Waals surface area contributed by atoms with Gasteiger partial charge in [0.25, 0.3) is 5.04 Å². The summed E-state index contributed by atoms with van der Waals surface area (Å²) < 4.78 is 2.11. The average molecular weight is 246 g/mol. The van der Waals surface area contributed by atoms with Gasteiger partial charge in [0, 0.05) is 17.2 Å². The summed E-state index contributed by atoms with van der Waals surface area (Å²) in [7, 11) is 4.10. The number of hydrogen-bond acceptors (Lipinski definition) is 1. The third-order valence-electron chi connectivity index (χ3n) is 2.00. The predicted molar refractivity (Wildman–Crippen MR) is 77.5 cm³/mol. The fourth-order valence-electron chi connectivity index (χ4n) is 1.22. The summed E-state index contributed by atoms with van der Waals surface area (Å²) in [6, 6.07) is 10.4. The second-order valence-corrected chi connectivity index (χ2v) is 5.94. The second-order valence-electron chi connectivity index (χ2n) is 5.14. The third-order valence-corrected chi connectivity index (χ3v) is 3.00. The Morgan fingerprint density at radius 1 is 1.12 bits per heavy atom. The van der Waals surface area contributed by atoms with Crippen LogP contribution < -0.4 is 0 Å². The zero-order chi connectivity index (χ0) is 12.9. The molecule has 1 aromatic rings. The molecule has 0 aliphatic rings. The maximum atomic E-state index is 3.24. The molecular formula is C15H20NS+. The lowest BCUT2D eigenvalue weighted by Gasteiger charge is -2.06. The molecule has 0 aliphatic heterocycles. The highest BCUT2D eigenvalue weighted by atomic mass is 32.2. The smallest absolute Gasteiger partial charge is 0.228 e. The molecule has 90 valence electrons. The monoisotopic (exact) mass is 246 g/mol. The summed E-state index contributed by atoms with van der Waals surface area (Å²) in [4.78, 5) is 0. The van der Waals surface area contributed by atoms with E-state index >= 15 is 0 Å². The van der Waals surface area contributed by atoms with Crippen LogP contribution in [0.5, 0.6) is 0 Å². The van der Waals surface area contributed by atoms with Gasteiger partial charge in [0.05, 0.1) is 5.56 Å². The average Bonchev–Trinajstić information content (AvgIpc) is 2.23. The van der Waals surface area contributed by atoms with E-state index in [1.54, 1.807) is 11.8 Å². The Morgan fingerprint density at radius 2 is 1.71 bits per heavy atom. The number of rotatable bonds is 1. The first-order valence-corrected chi connectivity index (χ1v) is 6.50. The first kappa shape index (κ1) is 13.9. The van der Waals surface area contributed by atoms with Gasteiger partial charge in [0.15, 0.2) is 0 Å². The lowest BCUT2D eigenvalue weighted by atomic mass is 9.99. The van der Waals surface area contributed by atoms with Crippen LogP contribution in [0.25, 0.3) is 0 Å². The second kappa shape index (κ2) is 5.93. The topological polar surface area (TPSA) is 3.01 Å². The summed E-state index contributed by atoms with van der Waals surface area (Å²) >= 11 is 1.59. The Balaban J connectivity index is 2.91. The van der Waals surface area contributed by atoms with Crippen LogP contribution in [0.1, 0.15) is 26.3 Å². The first-order chi connectivity index (χ1) is 7.90. The largest absolute Gasteiger partial charge is 0.254 e. The molecule has 0 atom stereocenters. The van der Waals surface area contributed by atoms with Crippen molar-refractivity contribution in [3.8, 4) is 11.2 Å². The summed E-state index contributed by atoms with van der Waals surface area (Å²) in [5, 5.41) is 4.38. The predicted octanol–water partition coefficient (Wildman–Crippen LogP) is 3.45. The van der Waals surface area contributed by atoms with Gasteiger partial charge in [-0.2, -0.15) is 0 Å². The lowest BCUT2D eigenvalue weighted by molar-refractivity contribution is -0.460. The van der Waals surface area contributed by atoms with E-state index in [0.29, 0.717) is 0 Å². The zero-order valence-corrected chi connectivity index (χ0v) is 12.1. The van der Waals surface area contributed by atoms with Crippen LogP contribution in [0.4, 0.5) is 0 Å². The molecule has 1 nitrogen and oxygen atoms in total. The summed E-state index contributed by atoms with van der Waals surface area (Å²) in [5.41, 5.74) is 1.27. The molecule has 1 rings (SSSR count). The van der Waals surface area contributed by atoms with E-state index < -0.39 is 0 Å². The highest BCUT2D eigenvalue weighted by Gasteiger charge is 2.11. The Hall–Kier alpha value is -1.20. The maximum Gasteiger partial charge on any atom is 0.254 e. The lowest BCUT2D eigenvalue weighted by Crippen LogP contribution is -2.10. The molecule has 0 bridgehead atoms. The van der Waals surface area contributed by atoms with Crippen LogP contribution in [-0.4, -0.2) is 23.7 Å². The van der Waals surface area contributed by atoms with E-state index in [1.807, 2.05) is 20.2 Å². The molecule has 2 heteroatoms. The standard InChI is InChI=1S/C15H20NS/c1-15(2,3)11-12-17-14(16(4)5)13-9-7-6-8-10-13/h6-10H,1-5H3/q+1. The van der Waals surface area contributed by atoms with E-state index in [2.05, 4.69) is 60.8 Å². The van der Waals surface area contributed by atoms with Crippen molar-refractivity contribution in [1.82, 2.24) is 0 Å². The summed E-state index contributed by atoms with van der Waals surface area (Å²) in [5.74, 6) is 3.24. The molecule has 1 aromatic carbocycles. The van der Waals surface area contributed by atoms with Crippen molar-refractivity contribution in [3.63, 3.8) is 0 Å². The molecular weight excluding hydrogens is 226 g/mol. The molecule has 0 fully saturated rings. The Bertz CT molecular complexity index is 451. The van der Waals surface area contributed by atoms with Gasteiger partial charge >= 0.3 is 0 Å². The van der Waals surface area contributed by atoms with Crippen LogP contribution in [-0.2, 0) is 0 Å². The molecule has 0 saturated heterocycles. The van der Waals surface area contributed by atoms with Gasteiger partial charge in [-0.1, -0.05) is 24.1 Å². The number of thioether (sulfide) groups is 1. The highest BCUT2D eigenvalue weighted by Crippen LogP contribution is 2.15. The van der Waals surface area contributed by atoms with Gasteiger partial charge < -0.3 is 0 Å². The summed E-state index contributed by atoms with van der Waals surface area (Å²) in [6.07, 6.45) is 0. The van der Waals surface area contributed by atoms with Gasteiger partial charge in [-0.3, -0.25) is 0 Å². The van der Waals surface area contributed by atoms with Crippen LogP contribution in [0.15, 0.2) is 30.3 Å². The Morgan fingerprint density at radius 3 is 2.18 bits per heavy atom. The molecule has 0 aromatic heterocycles. The van der Waals surface area contributed by atoms with E-state index in [-0.39, 0.29) is 5.41 Å². The van der Waals surface area contributed by atoms with Crippen LogP contribution in [0.3, 0.4) is 0 Å². The molecule has 0 radical (unpaired) electrons. The van der Waals surface area contributed by atoms with Crippen molar-refractivity contribution in [1.29, 1.82) is 0 Å². The van der Waals surface area contributed by atoms with Gasteiger partial charge in [-0.05, 0) is 38.2 Å². The van der Waals surface area contributed by atoms with Crippen molar-refractivity contribution in [2.24, 2.45) is 5.41 Å². The van der Waals surface area contributed by atoms with Gasteiger partial charge in [0.2, 0.25) is 0 Å². The van der Waals surface area contributed by atoms with E-state index in [1.165, 1.54) is 10.6 Å². The van der Waals surface area contributed by atoms with Crippen LogP contribution in [0.2, 0.25) is 0 Å². The first-order valence-electron chi connectivity index (χ1n) is 5.69. The minimum Gasteiger partial charge on any atom is -0.228 e. The molecule has 0 amide bonds. The Kier molecular flexibility index (Phi) is 4.84. The quantitative estimate of drug-likeness (QED) is 0.317. The number of hydrogen-bond donors (Lipinski definition) is 0. The SMILES string of the molecule is C[N+](C)=C(SC#CC(C)(C)C)c1ccccc1. The molecule has 0 N–H and O–H groups in total. The zero-order valence-electron chi connectivity index (χ0n) is 11.2. The number of nitrogens with zero attached hydrogens (tertiary/aromatic N) is 1. The third kappa shape index (κ3) is 5.10. The van der Waals surface area contributed by atoms with Gasteiger partial charge in [-0.15, -0.1) is 0 Å². The van der Waals surface area contributed by atoms with Crippen molar-refractivity contribution in [2.45, 2.75) is 20.8 Å². The Labute approximate surface area is 109 Å². The normalized spacial score (nSPS) is 10.4. The molecule has 0 saturated carbocycles. The minimum absolute atomic E-state index is 0.0567. The van der Waals surface area contributed by atoms with E-state index in [0.717, 1.165) is 0 Å². The molecule has 0 heterocycles. The fraction of sp³-hybridized carbons (Fsp3) is 0.400.